The minimum atomic E-state index is -0.763. The summed E-state index contributed by atoms with van der Waals surface area (Å²) in [5.41, 5.74) is 0. The lowest BCUT2D eigenvalue weighted by Crippen LogP contribution is -2.56. The molecule has 1 fully saturated rings. The highest BCUT2D eigenvalue weighted by Crippen LogP contribution is 2.05. The monoisotopic (exact) mass is 202 g/mol. The summed E-state index contributed by atoms with van der Waals surface area (Å²) in [7, 11) is 1.64. The molecule has 1 saturated heterocycles. The first-order valence-corrected chi connectivity index (χ1v) is 4.85. The molecule has 0 amide bonds. The van der Waals surface area contributed by atoms with Crippen LogP contribution in [0.5, 0.6) is 0 Å². The second-order valence-corrected chi connectivity index (χ2v) is 3.60. The molecule has 1 rings (SSSR count). The van der Waals surface area contributed by atoms with Crippen molar-refractivity contribution in [3.05, 3.63) is 0 Å². The minimum Gasteiger partial charge on any atom is -0.480 e. The number of rotatable bonds is 4. The molecular formula is C9H18N2O3. The van der Waals surface area contributed by atoms with E-state index in [0.29, 0.717) is 13.1 Å². The second-order valence-electron chi connectivity index (χ2n) is 3.60. The minimum absolute atomic E-state index is 0.0787. The maximum atomic E-state index is 10.9. The van der Waals surface area contributed by atoms with E-state index in [-0.39, 0.29) is 6.10 Å². The van der Waals surface area contributed by atoms with Gasteiger partial charge in [-0.1, -0.05) is 0 Å². The number of carbonyl (C=O) groups is 1. The van der Waals surface area contributed by atoms with Gasteiger partial charge in [-0.05, 0) is 6.92 Å². The number of nitrogens with one attached hydrogen (secondary N) is 1. The summed E-state index contributed by atoms with van der Waals surface area (Å²) in [5, 5.41) is 12.0. The average Bonchev–Trinajstić information content (AvgIpc) is 2.18. The summed E-state index contributed by atoms with van der Waals surface area (Å²) >= 11 is 0. The van der Waals surface area contributed by atoms with Gasteiger partial charge in [-0.2, -0.15) is 0 Å². The van der Waals surface area contributed by atoms with E-state index in [1.165, 1.54) is 0 Å². The zero-order valence-electron chi connectivity index (χ0n) is 8.69. The number of aliphatic carboxylic acids is 1. The second kappa shape index (κ2) is 5.29. The summed E-state index contributed by atoms with van der Waals surface area (Å²) in [4.78, 5) is 12.9. The van der Waals surface area contributed by atoms with Crippen molar-refractivity contribution in [2.45, 2.75) is 19.1 Å². The van der Waals surface area contributed by atoms with Crippen molar-refractivity contribution < 1.29 is 14.6 Å². The highest BCUT2D eigenvalue weighted by molar-refractivity contribution is 5.73. The first-order valence-electron chi connectivity index (χ1n) is 4.85. The normalized spacial score (nSPS) is 26.0. The van der Waals surface area contributed by atoms with E-state index in [4.69, 9.17) is 9.84 Å². The number of hydrogen-bond acceptors (Lipinski definition) is 4. The van der Waals surface area contributed by atoms with Crippen molar-refractivity contribution in [1.82, 2.24) is 10.2 Å². The Hall–Kier alpha value is -0.650. The Morgan fingerprint density at radius 3 is 3.07 bits per heavy atom. The summed E-state index contributed by atoms with van der Waals surface area (Å²) in [6.45, 7) is 4.76. The third-order valence-electron chi connectivity index (χ3n) is 2.53. The van der Waals surface area contributed by atoms with Gasteiger partial charge in [0.25, 0.3) is 0 Å². The Bertz CT molecular complexity index is 198. The molecule has 0 radical (unpaired) electrons. The Kier molecular flexibility index (Phi) is 4.31. The molecule has 0 aromatic heterocycles. The average molecular weight is 202 g/mol. The van der Waals surface area contributed by atoms with Crippen LogP contribution in [-0.4, -0.2) is 61.4 Å². The Morgan fingerprint density at radius 1 is 1.79 bits per heavy atom. The van der Waals surface area contributed by atoms with Gasteiger partial charge in [0.2, 0.25) is 0 Å². The largest absolute Gasteiger partial charge is 0.480 e. The van der Waals surface area contributed by atoms with Crippen LogP contribution in [0.4, 0.5) is 0 Å². The van der Waals surface area contributed by atoms with Crippen molar-refractivity contribution in [1.29, 1.82) is 0 Å². The van der Waals surface area contributed by atoms with Gasteiger partial charge in [-0.3, -0.25) is 9.69 Å². The quantitative estimate of drug-likeness (QED) is 0.636. The van der Waals surface area contributed by atoms with Gasteiger partial charge in [-0.25, -0.2) is 0 Å². The topological polar surface area (TPSA) is 61.8 Å². The standard InChI is InChI=1S/C9H18N2O3/c1-7(14-2)6-11-4-3-10-5-8(11)9(12)13/h7-8,10H,3-6H2,1-2H3,(H,12,13). The lowest BCUT2D eigenvalue weighted by molar-refractivity contribution is -0.144. The number of ether oxygens (including phenoxy) is 1. The third-order valence-corrected chi connectivity index (χ3v) is 2.53. The fourth-order valence-corrected chi connectivity index (χ4v) is 1.61. The van der Waals surface area contributed by atoms with Crippen LogP contribution in [0.2, 0.25) is 0 Å². The van der Waals surface area contributed by atoms with E-state index >= 15 is 0 Å². The molecule has 2 N–H and O–H groups in total. The molecule has 0 aromatic carbocycles. The maximum Gasteiger partial charge on any atom is 0.322 e. The summed E-state index contributed by atoms with van der Waals surface area (Å²) < 4.78 is 5.13. The fraction of sp³-hybridized carbons (Fsp3) is 0.889. The van der Waals surface area contributed by atoms with E-state index in [1.807, 2.05) is 11.8 Å². The number of methoxy groups -OCH3 is 1. The van der Waals surface area contributed by atoms with E-state index in [1.54, 1.807) is 7.11 Å². The van der Waals surface area contributed by atoms with Crippen molar-refractivity contribution in [2.75, 3.05) is 33.3 Å². The Labute approximate surface area is 84.0 Å². The number of carboxylic acid groups (broad SMARTS) is 1. The van der Waals surface area contributed by atoms with Crippen LogP contribution in [0, 0.1) is 0 Å². The van der Waals surface area contributed by atoms with Gasteiger partial charge in [0, 0.05) is 33.3 Å². The van der Waals surface area contributed by atoms with Crippen LogP contribution in [0.1, 0.15) is 6.92 Å². The van der Waals surface area contributed by atoms with Gasteiger partial charge in [0.1, 0.15) is 6.04 Å². The number of nitrogens with zero attached hydrogens (tertiary/aromatic N) is 1. The molecule has 1 aliphatic rings. The van der Waals surface area contributed by atoms with Gasteiger partial charge in [0.05, 0.1) is 6.10 Å². The Morgan fingerprint density at radius 2 is 2.50 bits per heavy atom. The third kappa shape index (κ3) is 2.94. The molecular weight excluding hydrogens is 184 g/mol. The lowest BCUT2D eigenvalue weighted by atomic mass is 10.2. The summed E-state index contributed by atoms with van der Waals surface area (Å²) in [6, 6.07) is -0.415. The zero-order valence-corrected chi connectivity index (χ0v) is 8.69. The molecule has 0 bridgehead atoms. The zero-order chi connectivity index (χ0) is 10.6. The molecule has 14 heavy (non-hydrogen) atoms. The lowest BCUT2D eigenvalue weighted by Gasteiger charge is -2.34. The molecule has 1 aliphatic heterocycles. The summed E-state index contributed by atoms with van der Waals surface area (Å²) in [5.74, 6) is -0.763. The van der Waals surface area contributed by atoms with Gasteiger partial charge in [-0.15, -0.1) is 0 Å². The fourth-order valence-electron chi connectivity index (χ4n) is 1.61. The van der Waals surface area contributed by atoms with Gasteiger partial charge in [0.15, 0.2) is 0 Å². The van der Waals surface area contributed by atoms with Gasteiger partial charge >= 0.3 is 5.97 Å². The number of piperazine rings is 1. The van der Waals surface area contributed by atoms with Crippen LogP contribution in [0.15, 0.2) is 0 Å². The molecule has 1 heterocycles. The van der Waals surface area contributed by atoms with Gasteiger partial charge < -0.3 is 15.2 Å². The molecule has 0 spiro atoms. The van der Waals surface area contributed by atoms with Crippen molar-refractivity contribution >= 4 is 5.97 Å². The Balaban J connectivity index is 2.49. The molecule has 2 atom stereocenters. The first kappa shape index (κ1) is 11.4. The smallest absolute Gasteiger partial charge is 0.322 e. The van der Waals surface area contributed by atoms with Crippen LogP contribution < -0.4 is 5.32 Å². The van der Waals surface area contributed by atoms with Crippen LogP contribution >= 0.6 is 0 Å². The molecule has 5 nitrogen and oxygen atoms in total. The summed E-state index contributed by atoms with van der Waals surface area (Å²) in [6.07, 6.45) is 0.0787. The van der Waals surface area contributed by atoms with Crippen molar-refractivity contribution in [2.24, 2.45) is 0 Å². The first-order chi connectivity index (χ1) is 6.65. The molecule has 5 heteroatoms. The highest BCUT2D eigenvalue weighted by Gasteiger charge is 2.28. The van der Waals surface area contributed by atoms with Crippen LogP contribution in [0.3, 0.4) is 0 Å². The van der Waals surface area contributed by atoms with Crippen molar-refractivity contribution in [3.63, 3.8) is 0 Å². The van der Waals surface area contributed by atoms with E-state index in [0.717, 1.165) is 13.1 Å². The molecule has 0 aromatic rings. The molecule has 82 valence electrons. The van der Waals surface area contributed by atoms with Crippen molar-refractivity contribution in [3.8, 4) is 0 Å². The molecule has 2 unspecified atom stereocenters. The highest BCUT2D eigenvalue weighted by atomic mass is 16.5. The van der Waals surface area contributed by atoms with E-state index in [9.17, 15) is 4.79 Å². The molecule has 0 aliphatic carbocycles. The van der Waals surface area contributed by atoms with Crippen LogP contribution in [-0.2, 0) is 9.53 Å². The van der Waals surface area contributed by atoms with Crippen LogP contribution in [0.25, 0.3) is 0 Å². The predicted molar refractivity (Wildman–Crippen MR) is 52.3 cm³/mol. The van der Waals surface area contributed by atoms with E-state index in [2.05, 4.69) is 5.32 Å². The molecule has 0 saturated carbocycles. The SMILES string of the molecule is COC(C)CN1CCNCC1C(=O)O. The number of hydrogen-bond donors (Lipinski definition) is 2. The van der Waals surface area contributed by atoms with E-state index < -0.39 is 12.0 Å². The maximum absolute atomic E-state index is 10.9. The number of carboxylic acids is 1. The predicted octanol–water partition coefficient (Wildman–Crippen LogP) is -0.620.